The van der Waals surface area contributed by atoms with Gasteiger partial charge in [-0.15, -0.1) is 0 Å². The summed E-state index contributed by atoms with van der Waals surface area (Å²) in [5.74, 6) is -1.10. The van der Waals surface area contributed by atoms with Crippen molar-refractivity contribution in [2.75, 3.05) is 17.4 Å². The molecule has 0 spiro atoms. The summed E-state index contributed by atoms with van der Waals surface area (Å²) in [7, 11) is -4.32. The molecule has 0 aliphatic rings. The molecule has 2 amide bonds. The Kier molecular flexibility index (Phi) is 11.6. The quantitative estimate of drug-likeness (QED) is 0.169. The van der Waals surface area contributed by atoms with Crippen molar-refractivity contribution in [2.24, 2.45) is 0 Å². The standard InChI is InChI=1S/C32H29Cl4N3O4S/c1-2-37-32(41)30(18-22-10-5-3-6-11-22)38(20-25-26(34)14-9-15-27(25)35)31(40)21-39(29-17-16-23(33)19-28(29)36)44(42,43)24-12-7-4-8-13-24/h3-17,19,30H,2,18,20-21H2,1H3,(H,37,41)/t30-/m1/s1. The minimum atomic E-state index is -4.32. The number of likely N-dealkylation sites (N-methyl/N-ethyl adjacent to an activating group) is 1. The minimum Gasteiger partial charge on any atom is -0.355 e. The van der Waals surface area contributed by atoms with Crippen LogP contribution in [-0.2, 0) is 32.6 Å². The van der Waals surface area contributed by atoms with Crippen LogP contribution in [0.15, 0.2) is 102 Å². The fraction of sp³-hybridized carbons (Fsp3) is 0.188. The zero-order valence-electron chi connectivity index (χ0n) is 23.6. The molecule has 4 rings (SSSR count). The monoisotopic (exact) mass is 691 g/mol. The highest BCUT2D eigenvalue weighted by Crippen LogP contribution is 2.33. The maximum atomic E-state index is 14.4. The van der Waals surface area contributed by atoms with E-state index in [0.717, 1.165) is 9.87 Å². The van der Waals surface area contributed by atoms with Crippen LogP contribution >= 0.6 is 46.4 Å². The molecule has 44 heavy (non-hydrogen) atoms. The van der Waals surface area contributed by atoms with Gasteiger partial charge in [-0.25, -0.2) is 8.42 Å². The molecule has 0 aliphatic heterocycles. The predicted octanol–water partition coefficient (Wildman–Crippen LogP) is 7.27. The zero-order valence-corrected chi connectivity index (χ0v) is 27.4. The zero-order chi connectivity index (χ0) is 31.9. The van der Waals surface area contributed by atoms with Gasteiger partial charge in [-0.05, 0) is 55.0 Å². The molecule has 0 radical (unpaired) electrons. The maximum Gasteiger partial charge on any atom is 0.264 e. The van der Waals surface area contributed by atoms with E-state index in [2.05, 4.69) is 5.32 Å². The summed E-state index contributed by atoms with van der Waals surface area (Å²) in [4.78, 5) is 29.3. The number of carbonyl (C=O) groups is 2. The second kappa shape index (κ2) is 15.1. The third kappa shape index (κ3) is 8.06. The molecule has 0 saturated heterocycles. The molecule has 230 valence electrons. The second-order valence-electron chi connectivity index (χ2n) is 9.74. The highest BCUT2D eigenvalue weighted by Gasteiger charge is 2.35. The number of hydrogen-bond donors (Lipinski definition) is 1. The summed E-state index contributed by atoms with van der Waals surface area (Å²) in [5.41, 5.74) is 1.25. The van der Waals surface area contributed by atoms with Crippen molar-refractivity contribution in [3.8, 4) is 0 Å². The molecule has 7 nitrogen and oxygen atoms in total. The Hall–Kier alpha value is -3.27. The first kappa shape index (κ1) is 33.6. The van der Waals surface area contributed by atoms with Gasteiger partial charge in [0.15, 0.2) is 0 Å². The fourth-order valence-corrected chi connectivity index (χ4v) is 7.15. The van der Waals surface area contributed by atoms with Gasteiger partial charge in [-0.1, -0.05) is 101 Å². The molecule has 1 atom stereocenters. The van der Waals surface area contributed by atoms with Crippen LogP contribution in [0.5, 0.6) is 0 Å². The lowest BCUT2D eigenvalue weighted by atomic mass is 10.0. The van der Waals surface area contributed by atoms with Crippen LogP contribution in [0.2, 0.25) is 20.1 Å². The molecule has 1 N–H and O–H groups in total. The summed E-state index contributed by atoms with van der Waals surface area (Å²) in [6.45, 7) is 1.23. The fourth-order valence-electron chi connectivity index (χ4n) is 4.62. The van der Waals surface area contributed by atoms with Crippen LogP contribution in [-0.4, -0.2) is 44.3 Å². The van der Waals surface area contributed by atoms with E-state index >= 15 is 0 Å². The number of sulfonamides is 1. The van der Waals surface area contributed by atoms with Crippen molar-refractivity contribution in [3.63, 3.8) is 0 Å². The summed E-state index contributed by atoms with van der Waals surface area (Å²) >= 11 is 25.6. The summed E-state index contributed by atoms with van der Waals surface area (Å²) in [6.07, 6.45) is 0.146. The molecule has 0 aromatic heterocycles. The number of amides is 2. The van der Waals surface area contributed by atoms with Gasteiger partial charge in [-0.2, -0.15) is 0 Å². The number of nitrogens with zero attached hydrogens (tertiary/aromatic N) is 2. The SMILES string of the molecule is CCNC(=O)[C@@H](Cc1ccccc1)N(Cc1c(Cl)cccc1Cl)C(=O)CN(c1ccc(Cl)cc1Cl)S(=O)(=O)c1ccccc1. The lowest BCUT2D eigenvalue weighted by Gasteiger charge is -2.34. The topological polar surface area (TPSA) is 86.8 Å². The van der Waals surface area contributed by atoms with Crippen LogP contribution in [0.25, 0.3) is 0 Å². The van der Waals surface area contributed by atoms with E-state index in [1.54, 1.807) is 43.3 Å². The summed E-state index contributed by atoms with van der Waals surface area (Å²) in [5, 5.41) is 3.70. The molecule has 0 bridgehead atoms. The van der Waals surface area contributed by atoms with E-state index in [1.165, 1.54) is 35.2 Å². The van der Waals surface area contributed by atoms with Crippen LogP contribution in [0.4, 0.5) is 5.69 Å². The van der Waals surface area contributed by atoms with Crippen LogP contribution in [0, 0.1) is 0 Å². The number of hydrogen-bond acceptors (Lipinski definition) is 4. The van der Waals surface area contributed by atoms with Crippen LogP contribution < -0.4 is 9.62 Å². The molecule has 0 saturated carbocycles. The Morgan fingerprint density at radius 3 is 2.00 bits per heavy atom. The molecule has 0 fully saturated rings. The first-order chi connectivity index (χ1) is 21.0. The lowest BCUT2D eigenvalue weighted by Crippen LogP contribution is -2.53. The van der Waals surface area contributed by atoms with Gasteiger partial charge >= 0.3 is 0 Å². The van der Waals surface area contributed by atoms with E-state index in [9.17, 15) is 18.0 Å². The predicted molar refractivity (Wildman–Crippen MR) is 177 cm³/mol. The maximum absolute atomic E-state index is 14.4. The Morgan fingerprint density at radius 1 is 0.795 bits per heavy atom. The van der Waals surface area contributed by atoms with Gasteiger partial charge < -0.3 is 10.2 Å². The Bertz CT molecular complexity index is 1700. The number of benzene rings is 4. The van der Waals surface area contributed by atoms with E-state index in [-0.39, 0.29) is 33.6 Å². The molecule has 4 aromatic rings. The normalized spacial score (nSPS) is 11.9. The van der Waals surface area contributed by atoms with Gasteiger partial charge in [0, 0.05) is 40.1 Å². The van der Waals surface area contributed by atoms with Gasteiger partial charge in [0.1, 0.15) is 12.6 Å². The number of anilines is 1. The van der Waals surface area contributed by atoms with Crippen molar-refractivity contribution in [1.82, 2.24) is 10.2 Å². The van der Waals surface area contributed by atoms with Crippen molar-refractivity contribution in [3.05, 3.63) is 128 Å². The number of carbonyl (C=O) groups excluding carboxylic acids is 2. The minimum absolute atomic E-state index is 0.0232. The molecule has 0 unspecified atom stereocenters. The van der Waals surface area contributed by atoms with Crippen LogP contribution in [0.1, 0.15) is 18.1 Å². The lowest BCUT2D eigenvalue weighted by molar-refractivity contribution is -0.140. The van der Waals surface area contributed by atoms with Gasteiger partial charge in [-0.3, -0.25) is 13.9 Å². The largest absolute Gasteiger partial charge is 0.355 e. The third-order valence-corrected chi connectivity index (χ3v) is 9.82. The molecule has 12 heteroatoms. The summed E-state index contributed by atoms with van der Waals surface area (Å²) in [6, 6.07) is 25.1. The van der Waals surface area contributed by atoms with E-state index < -0.39 is 34.4 Å². The Labute approximate surface area is 277 Å². The van der Waals surface area contributed by atoms with Gasteiger partial charge in [0.2, 0.25) is 11.8 Å². The smallest absolute Gasteiger partial charge is 0.264 e. The van der Waals surface area contributed by atoms with Crippen molar-refractivity contribution in [1.29, 1.82) is 0 Å². The molecular weight excluding hydrogens is 664 g/mol. The molecular formula is C32H29Cl4N3O4S. The highest BCUT2D eigenvalue weighted by molar-refractivity contribution is 7.92. The van der Waals surface area contributed by atoms with Crippen molar-refractivity contribution < 1.29 is 18.0 Å². The first-order valence-corrected chi connectivity index (χ1v) is 16.5. The highest BCUT2D eigenvalue weighted by atomic mass is 35.5. The Balaban J connectivity index is 1.85. The molecule has 0 heterocycles. The third-order valence-electron chi connectivity index (χ3n) is 6.80. The second-order valence-corrected chi connectivity index (χ2v) is 13.3. The van der Waals surface area contributed by atoms with Crippen LogP contribution in [0.3, 0.4) is 0 Å². The number of halogens is 4. The molecule has 0 aliphatic carbocycles. The average molecular weight is 693 g/mol. The van der Waals surface area contributed by atoms with Crippen molar-refractivity contribution >= 4 is 73.9 Å². The first-order valence-electron chi connectivity index (χ1n) is 13.6. The van der Waals surface area contributed by atoms with E-state index in [4.69, 9.17) is 46.4 Å². The Morgan fingerprint density at radius 2 is 1.41 bits per heavy atom. The average Bonchev–Trinajstić information content (AvgIpc) is 3.00. The van der Waals surface area contributed by atoms with E-state index in [1.807, 2.05) is 30.3 Å². The molecule has 4 aromatic carbocycles. The summed E-state index contributed by atoms with van der Waals surface area (Å²) < 4.78 is 29.0. The van der Waals surface area contributed by atoms with Gasteiger partial charge in [0.25, 0.3) is 10.0 Å². The van der Waals surface area contributed by atoms with E-state index in [0.29, 0.717) is 22.2 Å². The number of nitrogens with one attached hydrogen (secondary N) is 1. The van der Waals surface area contributed by atoms with Gasteiger partial charge in [0.05, 0.1) is 15.6 Å². The number of rotatable bonds is 12. The van der Waals surface area contributed by atoms with Crippen molar-refractivity contribution in [2.45, 2.75) is 30.8 Å².